The van der Waals surface area contributed by atoms with Gasteiger partial charge < -0.3 is 19.9 Å². The van der Waals surface area contributed by atoms with Gasteiger partial charge in [-0.15, -0.1) is 5.10 Å². The van der Waals surface area contributed by atoms with Crippen molar-refractivity contribution in [2.75, 3.05) is 27.4 Å². The number of carbonyl (C=O) groups is 1. The second-order valence-corrected chi connectivity index (χ2v) is 7.88. The van der Waals surface area contributed by atoms with Crippen LogP contribution in [0.4, 0.5) is 0 Å². The Kier molecular flexibility index (Phi) is 8.31. The first-order valence-electron chi connectivity index (χ1n) is 9.88. The molecule has 0 spiro atoms. The van der Waals surface area contributed by atoms with E-state index in [0.717, 1.165) is 22.6 Å². The third-order valence-electron chi connectivity index (χ3n) is 4.59. The van der Waals surface area contributed by atoms with Crippen molar-refractivity contribution in [1.29, 1.82) is 0 Å². The molecule has 0 fully saturated rings. The number of nitrogens with one attached hydrogen (secondary N) is 2. The minimum absolute atomic E-state index is 0.0439. The van der Waals surface area contributed by atoms with E-state index in [1.54, 1.807) is 14.2 Å². The Morgan fingerprint density at radius 3 is 2.35 bits per heavy atom. The molecule has 3 N–H and O–H groups in total. The quantitative estimate of drug-likeness (QED) is 0.309. The largest absolute Gasteiger partial charge is 0.497 e. The molecule has 0 radical (unpaired) electrons. The van der Waals surface area contributed by atoms with Crippen molar-refractivity contribution in [2.24, 2.45) is 0 Å². The Morgan fingerprint density at radius 1 is 1.10 bits per heavy atom. The predicted molar refractivity (Wildman–Crippen MR) is 119 cm³/mol. The first-order chi connectivity index (χ1) is 15.1. The summed E-state index contributed by atoms with van der Waals surface area (Å²) in [7, 11) is 3.24. The summed E-state index contributed by atoms with van der Waals surface area (Å²) < 4.78 is 10.4. The summed E-state index contributed by atoms with van der Waals surface area (Å²) in [6, 6.07) is 15.2. The zero-order valence-corrected chi connectivity index (χ0v) is 18.3. The van der Waals surface area contributed by atoms with E-state index in [0.29, 0.717) is 23.9 Å². The molecule has 31 heavy (non-hydrogen) atoms. The monoisotopic (exact) mass is 442 g/mol. The summed E-state index contributed by atoms with van der Waals surface area (Å²) in [6.07, 6.45) is 0.785. The SMILES string of the molecule is COc1ccc(-c2nc(SC(CC(=O)NCCCO)c3ccc(OC)cc3)n[nH]2)cc1. The number of hydrogen-bond donors (Lipinski definition) is 3. The molecule has 1 amide bonds. The van der Waals surface area contributed by atoms with Crippen LogP contribution in [-0.4, -0.2) is 53.6 Å². The molecule has 0 saturated heterocycles. The zero-order chi connectivity index (χ0) is 22.1. The van der Waals surface area contributed by atoms with Crippen LogP contribution in [0.15, 0.2) is 53.7 Å². The van der Waals surface area contributed by atoms with E-state index in [1.807, 2.05) is 48.5 Å². The molecule has 0 aliphatic heterocycles. The minimum atomic E-state index is -0.181. The van der Waals surface area contributed by atoms with Crippen LogP contribution in [0.5, 0.6) is 11.5 Å². The summed E-state index contributed by atoms with van der Waals surface area (Å²) in [5.74, 6) is 2.07. The van der Waals surface area contributed by atoms with E-state index in [9.17, 15) is 4.79 Å². The van der Waals surface area contributed by atoms with Crippen LogP contribution in [-0.2, 0) is 4.79 Å². The highest BCUT2D eigenvalue weighted by molar-refractivity contribution is 7.99. The smallest absolute Gasteiger partial charge is 0.221 e. The van der Waals surface area contributed by atoms with Gasteiger partial charge in [-0.1, -0.05) is 23.9 Å². The lowest BCUT2D eigenvalue weighted by atomic mass is 10.1. The number of methoxy groups -OCH3 is 2. The second-order valence-electron chi connectivity index (χ2n) is 6.71. The van der Waals surface area contributed by atoms with Crippen LogP contribution in [0.3, 0.4) is 0 Å². The number of thioether (sulfide) groups is 1. The average Bonchev–Trinajstić information content (AvgIpc) is 3.27. The lowest BCUT2D eigenvalue weighted by Crippen LogP contribution is -2.26. The Balaban J connectivity index is 1.75. The lowest BCUT2D eigenvalue weighted by Gasteiger charge is -2.15. The summed E-state index contributed by atoms with van der Waals surface area (Å²) in [5, 5.41) is 19.4. The van der Waals surface area contributed by atoms with Gasteiger partial charge in [0.1, 0.15) is 11.5 Å². The fraction of sp³-hybridized carbons (Fsp3) is 0.318. The van der Waals surface area contributed by atoms with Gasteiger partial charge in [0, 0.05) is 30.4 Å². The van der Waals surface area contributed by atoms with Crippen LogP contribution in [0.2, 0.25) is 0 Å². The Hall–Kier alpha value is -3.04. The van der Waals surface area contributed by atoms with Crippen LogP contribution < -0.4 is 14.8 Å². The number of nitrogens with zero attached hydrogens (tertiary/aromatic N) is 2. The fourth-order valence-corrected chi connectivity index (χ4v) is 3.92. The molecule has 3 rings (SSSR count). The number of carbonyl (C=O) groups excluding carboxylic acids is 1. The Labute approximate surface area is 185 Å². The molecule has 1 aromatic heterocycles. The third kappa shape index (κ3) is 6.47. The first kappa shape index (κ1) is 22.6. The van der Waals surface area contributed by atoms with Gasteiger partial charge in [-0.05, 0) is 48.4 Å². The highest BCUT2D eigenvalue weighted by Gasteiger charge is 2.20. The van der Waals surface area contributed by atoms with E-state index < -0.39 is 0 Å². The highest BCUT2D eigenvalue weighted by Crippen LogP contribution is 2.37. The van der Waals surface area contributed by atoms with Crippen molar-refractivity contribution >= 4 is 17.7 Å². The van der Waals surface area contributed by atoms with Gasteiger partial charge in [0.15, 0.2) is 5.82 Å². The number of aliphatic hydroxyl groups is 1. The van der Waals surface area contributed by atoms with Crippen LogP contribution in [0.25, 0.3) is 11.4 Å². The van der Waals surface area contributed by atoms with Gasteiger partial charge in [0.05, 0.1) is 14.2 Å². The number of H-pyrrole nitrogens is 1. The zero-order valence-electron chi connectivity index (χ0n) is 17.5. The van der Waals surface area contributed by atoms with Gasteiger partial charge in [-0.3, -0.25) is 9.89 Å². The van der Waals surface area contributed by atoms with Crippen molar-refractivity contribution in [1.82, 2.24) is 20.5 Å². The highest BCUT2D eigenvalue weighted by atomic mass is 32.2. The molecule has 0 aliphatic carbocycles. The fourth-order valence-electron chi connectivity index (χ4n) is 2.90. The Morgan fingerprint density at radius 2 is 1.74 bits per heavy atom. The van der Waals surface area contributed by atoms with Crippen molar-refractivity contribution in [3.8, 4) is 22.9 Å². The predicted octanol–water partition coefficient (Wildman–Crippen LogP) is 3.21. The number of ether oxygens (including phenoxy) is 2. The van der Waals surface area contributed by atoms with Gasteiger partial charge in [0.2, 0.25) is 11.1 Å². The van der Waals surface area contributed by atoms with Gasteiger partial charge in [-0.2, -0.15) is 0 Å². The lowest BCUT2D eigenvalue weighted by molar-refractivity contribution is -0.121. The number of hydrogen-bond acceptors (Lipinski definition) is 7. The van der Waals surface area contributed by atoms with Crippen molar-refractivity contribution in [3.63, 3.8) is 0 Å². The van der Waals surface area contributed by atoms with Crippen LogP contribution in [0, 0.1) is 0 Å². The van der Waals surface area contributed by atoms with E-state index >= 15 is 0 Å². The van der Waals surface area contributed by atoms with E-state index in [2.05, 4.69) is 20.5 Å². The molecule has 9 heteroatoms. The van der Waals surface area contributed by atoms with E-state index in [-0.39, 0.29) is 24.2 Å². The maximum absolute atomic E-state index is 12.4. The number of aliphatic hydroxyl groups excluding tert-OH is 1. The molecular formula is C22H26N4O4S. The summed E-state index contributed by atoms with van der Waals surface area (Å²) in [5.41, 5.74) is 1.86. The molecule has 1 heterocycles. The molecule has 8 nitrogen and oxygen atoms in total. The topological polar surface area (TPSA) is 109 Å². The normalized spacial score (nSPS) is 11.7. The third-order valence-corrected chi connectivity index (χ3v) is 5.71. The van der Waals surface area contributed by atoms with E-state index in [1.165, 1.54) is 11.8 Å². The van der Waals surface area contributed by atoms with Crippen LogP contribution in [0.1, 0.15) is 23.7 Å². The summed E-state index contributed by atoms with van der Waals surface area (Å²) in [4.78, 5) is 17.0. The van der Waals surface area contributed by atoms with Crippen molar-refractivity contribution < 1.29 is 19.4 Å². The molecule has 0 aliphatic rings. The molecule has 1 atom stereocenters. The average molecular weight is 443 g/mol. The second kappa shape index (κ2) is 11.4. The molecule has 2 aromatic carbocycles. The molecule has 164 valence electrons. The number of amides is 1. The van der Waals surface area contributed by atoms with Gasteiger partial charge >= 0.3 is 0 Å². The molecule has 1 unspecified atom stereocenters. The van der Waals surface area contributed by atoms with E-state index in [4.69, 9.17) is 14.6 Å². The number of rotatable bonds is 11. The van der Waals surface area contributed by atoms with Crippen molar-refractivity contribution in [2.45, 2.75) is 23.2 Å². The van der Waals surface area contributed by atoms with Gasteiger partial charge in [-0.25, -0.2) is 4.98 Å². The summed E-state index contributed by atoms with van der Waals surface area (Å²) in [6.45, 7) is 0.486. The number of aromatic amines is 1. The maximum Gasteiger partial charge on any atom is 0.221 e. The van der Waals surface area contributed by atoms with Gasteiger partial charge in [0.25, 0.3) is 0 Å². The molecule has 0 bridgehead atoms. The number of benzene rings is 2. The Bertz CT molecular complexity index is 960. The van der Waals surface area contributed by atoms with Crippen molar-refractivity contribution in [3.05, 3.63) is 54.1 Å². The number of aromatic nitrogens is 3. The maximum atomic E-state index is 12.4. The molecular weight excluding hydrogens is 416 g/mol. The first-order valence-corrected chi connectivity index (χ1v) is 10.8. The molecule has 0 saturated carbocycles. The minimum Gasteiger partial charge on any atom is -0.497 e. The standard InChI is InChI=1S/C22H26N4O4S/c1-29-17-8-4-15(5-9-17)19(14-20(28)23-12-3-13-27)31-22-24-21(25-26-22)16-6-10-18(30-2)11-7-16/h4-11,19,27H,3,12-14H2,1-2H3,(H,23,28)(H,24,25,26). The summed E-state index contributed by atoms with van der Waals surface area (Å²) >= 11 is 1.42. The van der Waals surface area contributed by atoms with Crippen LogP contribution >= 0.6 is 11.8 Å². The molecule has 3 aromatic rings.